The molecule has 0 aromatic heterocycles. The molecular formula is C32H34FN3O3. The van der Waals surface area contributed by atoms with Gasteiger partial charge in [0.1, 0.15) is 11.6 Å². The number of nitrogens with one attached hydrogen (secondary N) is 2. The van der Waals surface area contributed by atoms with E-state index in [1.807, 2.05) is 53.4 Å². The van der Waals surface area contributed by atoms with E-state index in [-0.39, 0.29) is 23.7 Å². The molecule has 0 saturated carbocycles. The van der Waals surface area contributed by atoms with E-state index >= 15 is 4.39 Å². The molecule has 1 atom stereocenters. The number of benzene rings is 3. The number of allylic oxidation sites excluding steroid dienone is 1. The van der Waals surface area contributed by atoms with Crippen LogP contribution < -0.4 is 20.3 Å². The van der Waals surface area contributed by atoms with Crippen LogP contribution in [0.15, 0.2) is 84.1 Å². The molecule has 0 bridgehead atoms. The summed E-state index contributed by atoms with van der Waals surface area (Å²) in [5.74, 6) is 0.146. The highest BCUT2D eigenvalue weighted by atomic mass is 19.1. The zero-order chi connectivity index (χ0) is 27.6. The monoisotopic (exact) mass is 527 g/mol. The van der Waals surface area contributed by atoms with Gasteiger partial charge in [0, 0.05) is 29.8 Å². The summed E-state index contributed by atoms with van der Waals surface area (Å²) in [5, 5.41) is 6.51. The van der Waals surface area contributed by atoms with Crippen LogP contribution in [0.4, 0.5) is 15.8 Å². The van der Waals surface area contributed by atoms with E-state index in [4.69, 9.17) is 4.74 Å². The molecule has 2 aliphatic rings. The molecular weight excluding hydrogens is 493 g/mol. The number of methoxy groups -OCH3 is 1. The topological polar surface area (TPSA) is 70.7 Å². The number of fused-ring (bicyclic) bond motifs is 1. The quantitative estimate of drug-likeness (QED) is 0.406. The van der Waals surface area contributed by atoms with Crippen molar-refractivity contribution in [3.8, 4) is 5.75 Å². The van der Waals surface area contributed by atoms with Crippen LogP contribution in [-0.2, 0) is 16.0 Å². The van der Waals surface area contributed by atoms with Gasteiger partial charge >= 0.3 is 0 Å². The van der Waals surface area contributed by atoms with Gasteiger partial charge in [-0.15, -0.1) is 0 Å². The van der Waals surface area contributed by atoms with Crippen molar-refractivity contribution in [3.05, 3.63) is 101 Å². The second kappa shape index (κ2) is 10.9. The maximum absolute atomic E-state index is 15.4. The normalized spacial score (nSPS) is 18.0. The number of rotatable bonds is 7. The maximum atomic E-state index is 15.4. The van der Waals surface area contributed by atoms with Gasteiger partial charge in [-0.05, 0) is 54.2 Å². The zero-order valence-corrected chi connectivity index (χ0v) is 22.6. The summed E-state index contributed by atoms with van der Waals surface area (Å²) < 4.78 is 20.6. The number of nitrogens with zero attached hydrogens (tertiary/aromatic N) is 1. The Hall–Kier alpha value is -4.13. The minimum atomic E-state index is -0.742. The number of carbonyl (C=O) groups excluding carboxylic acids is 2. The first-order valence-electron chi connectivity index (χ1n) is 13.3. The van der Waals surface area contributed by atoms with E-state index in [1.54, 1.807) is 25.3 Å². The van der Waals surface area contributed by atoms with Crippen molar-refractivity contribution in [3.63, 3.8) is 0 Å². The highest BCUT2D eigenvalue weighted by Gasteiger charge is 2.42. The van der Waals surface area contributed by atoms with Crippen molar-refractivity contribution >= 4 is 23.1 Å². The number of anilines is 2. The summed E-state index contributed by atoms with van der Waals surface area (Å²) >= 11 is 0. The van der Waals surface area contributed by atoms with Crippen molar-refractivity contribution in [2.24, 2.45) is 5.41 Å². The lowest BCUT2D eigenvalue weighted by Gasteiger charge is -2.38. The number of Topliss-reactive ketones (excluding diaryl/α,β-unsaturated/α-hetero) is 1. The van der Waals surface area contributed by atoms with Gasteiger partial charge in [0.25, 0.3) is 0 Å². The van der Waals surface area contributed by atoms with Crippen LogP contribution in [0.25, 0.3) is 0 Å². The molecule has 0 spiro atoms. The molecule has 3 aromatic rings. The van der Waals surface area contributed by atoms with Crippen molar-refractivity contribution in [1.29, 1.82) is 0 Å². The van der Waals surface area contributed by atoms with Crippen LogP contribution in [0.3, 0.4) is 0 Å². The third-order valence-corrected chi connectivity index (χ3v) is 7.41. The van der Waals surface area contributed by atoms with E-state index in [0.717, 1.165) is 28.4 Å². The van der Waals surface area contributed by atoms with Crippen LogP contribution >= 0.6 is 0 Å². The molecule has 0 saturated heterocycles. The molecule has 3 aromatic carbocycles. The number of halogens is 1. The number of hydrogen-bond donors (Lipinski definition) is 2. The Morgan fingerprint density at radius 1 is 1.05 bits per heavy atom. The molecule has 1 aliphatic carbocycles. The minimum Gasteiger partial charge on any atom is -0.497 e. The summed E-state index contributed by atoms with van der Waals surface area (Å²) in [5.41, 5.74) is 4.08. The molecule has 5 rings (SSSR count). The van der Waals surface area contributed by atoms with Crippen molar-refractivity contribution in [2.75, 3.05) is 30.4 Å². The fourth-order valence-corrected chi connectivity index (χ4v) is 5.60. The molecule has 1 unspecified atom stereocenters. The van der Waals surface area contributed by atoms with E-state index in [1.165, 1.54) is 6.07 Å². The molecule has 0 radical (unpaired) electrons. The summed E-state index contributed by atoms with van der Waals surface area (Å²) in [4.78, 5) is 28.9. The van der Waals surface area contributed by atoms with E-state index in [2.05, 4.69) is 24.5 Å². The molecule has 6 nitrogen and oxygen atoms in total. The molecule has 1 aliphatic heterocycles. The Morgan fingerprint density at radius 3 is 2.51 bits per heavy atom. The second-order valence-electron chi connectivity index (χ2n) is 11.0. The number of hydrogen-bond acceptors (Lipinski definition) is 5. The van der Waals surface area contributed by atoms with Gasteiger partial charge in [-0.1, -0.05) is 56.3 Å². The SMILES string of the molecule is COc1ccc(CCNC(=O)CN2c3ccccc3NC3=C(C(=O)CC(C)(C)C3)C2c2ccccc2F)cc1. The predicted octanol–water partition coefficient (Wildman–Crippen LogP) is 5.81. The van der Waals surface area contributed by atoms with E-state index < -0.39 is 11.9 Å². The van der Waals surface area contributed by atoms with Crippen LogP contribution in [0.5, 0.6) is 5.75 Å². The van der Waals surface area contributed by atoms with Crippen LogP contribution in [0, 0.1) is 11.2 Å². The Balaban J connectivity index is 1.48. The van der Waals surface area contributed by atoms with Crippen LogP contribution in [0.1, 0.15) is 43.9 Å². The molecule has 2 N–H and O–H groups in total. The Kier molecular flexibility index (Phi) is 7.42. The van der Waals surface area contributed by atoms with Crippen molar-refractivity contribution < 1.29 is 18.7 Å². The Bertz CT molecular complexity index is 1410. The first-order chi connectivity index (χ1) is 18.8. The first kappa shape index (κ1) is 26.5. The molecule has 1 amide bonds. The molecule has 1 heterocycles. The van der Waals surface area contributed by atoms with Crippen LogP contribution in [-0.4, -0.2) is 31.9 Å². The third-order valence-electron chi connectivity index (χ3n) is 7.41. The average Bonchev–Trinajstić information content (AvgIpc) is 3.03. The molecule has 39 heavy (non-hydrogen) atoms. The predicted molar refractivity (Wildman–Crippen MR) is 151 cm³/mol. The van der Waals surface area contributed by atoms with Gasteiger partial charge in [0.2, 0.25) is 5.91 Å². The summed E-state index contributed by atoms with van der Waals surface area (Å²) in [6.07, 6.45) is 1.67. The number of ether oxygens (including phenoxy) is 1. The highest BCUT2D eigenvalue weighted by molar-refractivity contribution is 6.01. The Morgan fingerprint density at radius 2 is 1.77 bits per heavy atom. The minimum absolute atomic E-state index is 0.0280. The lowest BCUT2D eigenvalue weighted by molar-refractivity contribution is -0.120. The summed E-state index contributed by atoms with van der Waals surface area (Å²) in [6.45, 7) is 4.55. The molecule has 7 heteroatoms. The summed E-state index contributed by atoms with van der Waals surface area (Å²) in [6, 6.07) is 21.2. The smallest absolute Gasteiger partial charge is 0.239 e. The van der Waals surface area contributed by atoms with Gasteiger partial charge in [-0.25, -0.2) is 4.39 Å². The lowest BCUT2D eigenvalue weighted by atomic mass is 9.73. The lowest BCUT2D eigenvalue weighted by Crippen LogP contribution is -2.42. The van der Waals surface area contributed by atoms with Gasteiger partial charge in [-0.2, -0.15) is 0 Å². The van der Waals surface area contributed by atoms with Gasteiger partial charge < -0.3 is 20.3 Å². The Labute approximate surface area is 228 Å². The van der Waals surface area contributed by atoms with E-state index in [9.17, 15) is 9.59 Å². The third kappa shape index (κ3) is 5.67. The highest BCUT2D eigenvalue weighted by Crippen LogP contribution is 2.48. The van der Waals surface area contributed by atoms with Gasteiger partial charge in [0.05, 0.1) is 31.1 Å². The zero-order valence-electron chi connectivity index (χ0n) is 22.6. The van der Waals surface area contributed by atoms with Crippen LogP contribution in [0.2, 0.25) is 0 Å². The first-order valence-corrected chi connectivity index (χ1v) is 13.3. The van der Waals surface area contributed by atoms with Crippen molar-refractivity contribution in [1.82, 2.24) is 5.32 Å². The number of amides is 1. The number of ketones is 1. The number of carbonyl (C=O) groups is 2. The fourth-order valence-electron chi connectivity index (χ4n) is 5.60. The summed E-state index contributed by atoms with van der Waals surface area (Å²) in [7, 11) is 1.63. The van der Waals surface area contributed by atoms with Crippen molar-refractivity contribution in [2.45, 2.75) is 39.2 Å². The van der Waals surface area contributed by atoms with E-state index in [0.29, 0.717) is 36.9 Å². The number of para-hydroxylation sites is 2. The van der Waals surface area contributed by atoms with Gasteiger partial charge in [0.15, 0.2) is 5.78 Å². The molecule has 0 fully saturated rings. The molecule has 202 valence electrons. The standard InChI is InChI=1S/C32H34FN3O3/c1-32(2)18-26-30(28(37)19-32)31(23-8-4-5-9-24(23)33)36(27-11-7-6-10-25(27)35-26)20-29(38)34-17-16-21-12-14-22(39-3)15-13-21/h4-15,31,35H,16-20H2,1-3H3,(H,34,38). The maximum Gasteiger partial charge on any atom is 0.239 e. The largest absolute Gasteiger partial charge is 0.497 e. The fraction of sp³-hybridized carbons (Fsp3) is 0.312. The second-order valence-corrected chi connectivity index (χ2v) is 11.0. The average molecular weight is 528 g/mol. The van der Waals surface area contributed by atoms with Gasteiger partial charge in [-0.3, -0.25) is 9.59 Å².